The zero-order valence-electron chi connectivity index (χ0n) is 16.0. The second kappa shape index (κ2) is 12.1. The third-order valence-electron chi connectivity index (χ3n) is 4.72. The maximum absolute atomic E-state index is 10.2. The van der Waals surface area contributed by atoms with Crippen LogP contribution < -0.4 is 36.7 Å². The Kier molecular flexibility index (Phi) is 10.5. The molecule has 0 aromatic heterocycles. The first-order valence-electron chi connectivity index (χ1n) is 9.12. The molecule has 0 spiro atoms. The van der Waals surface area contributed by atoms with Gasteiger partial charge < -0.3 is 41.8 Å². The largest absolute Gasteiger partial charge is 1.00 e. The van der Waals surface area contributed by atoms with Gasteiger partial charge in [-0.2, -0.15) is 0 Å². The minimum Gasteiger partial charge on any atom is -1.00 e. The molecule has 0 radical (unpaired) electrons. The first kappa shape index (κ1) is 22.7. The van der Waals surface area contributed by atoms with Crippen molar-refractivity contribution >= 4 is 0 Å². The number of nitrogens with two attached hydrogens (primary N) is 1. The van der Waals surface area contributed by atoms with Crippen LogP contribution in [0.1, 0.15) is 38.5 Å². The van der Waals surface area contributed by atoms with E-state index in [1.54, 1.807) is 33.5 Å². The normalized spacial score (nSPS) is 16.2. The Bertz CT molecular complexity index is 496. The van der Waals surface area contributed by atoms with E-state index in [-0.39, 0.29) is 19.0 Å². The maximum atomic E-state index is 10.2. The van der Waals surface area contributed by atoms with Crippen LogP contribution in [0.25, 0.3) is 0 Å². The Labute approximate surface area is 162 Å². The molecule has 26 heavy (non-hydrogen) atoms. The quantitative estimate of drug-likeness (QED) is 0.516. The van der Waals surface area contributed by atoms with Crippen LogP contribution in [0, 0.1) is 0 Å². The topological polar surface area (TPSA) is 73.8 Å². The van der Waals surface area contributed by atoms with E-state index in [1.165, 1.54) is 38.5 Å². The fourth-order valence-electron chi connectivity index (χ4n) is 3.30. The molecule has 0 aliphatic heterocycles. The van der Waals surface area contributed by atoms with Crippen molar-refractivity contribution in [1.29, 1.82) is 0 Å². The number of aliphatic hydroxyl groups excluding tert-OH is 1. The minimum atomic E-state index is -0.512. The maximum Gasteiger partial charge on any atom is 0.203 e. The molecule has 1 fully saturated rings. The summed E-state index contributed by atoms with van der Waals surface area (Å²) in [6, 6.07) is 4.12. The summed E-state index contributed by atoms with van der Waals surface area (Å²) in [4.78, 5) is 0. The molecule has 1 atom stereocenters. The molecular formula is C19H32ClNO5. The number of halogens is 1. The van der Waals surface area contributed by atoms with E-state index < -0.39 is 6.10 Å². The Hall–Kier alpha value is -1.37. The zero-order chi connectivity index (χ0) is 18.1. The molecule has 1 aliphatic carbocycles. The number of ether oxygens (including phenoxy) is 4. The number of hydrogen-bond donors (Lipinski definition) is 2. The van der Waals surface area contributed by atoms with Gasteiger partial charge in [0.05, 0.1) is 27.4 Å². The highest BCUT2D eigenvalue weighted by atomic mass is 35.5. The molecule has 7 heteroatoms. The van der Waals surface area contributed by atoms with Gasteiger partial charge in [0.15, 0.2) is 11.5 Å². The van der Waals surface area contributed by atoms with Crippen LogP contribution in [0.15, 0.2) is 12.1 Å². The molecule has 1 aromatic carbocycles. The summed E-state index contributed by atoms with van der Waals surface area (Å²) in [7, 11) is 4.70. The van der Waals surface area contributed by atoms with E-state index >= 15 is 0 Å². The Morgan fingerprint density at radius 1 is 1.00 bits per heavy atom. The summed E-state index contributed by atoms with van der Waals surface area (Å²) < 4.78 is 21.6. The third-order valence-corrected chi connectivity index (χ3v) is 4.72. The van der Waals surface area contributed by atoms with Crippen molar-refractivity contribution in [3.63, 3.8) is 0 Å². The van der Waals surface area contributed by atoms with Gasteiger partial charge in [0.1, 0.15) is 25.0 Å². The van der Waals surface area contributed by atoms with Crippen molar-refractivity contribution in [3.05, 3.63) is 12.1 Å². The van der Waals surface area contributed by atoms with E-state index in [2.05, 4.69) is 5.32 Å². The van der Waals surface area contributed by atoms with E-state index in [1.807, 2.05) is 0 Å². The highest BCUT2D eigenvalue weighted by molar-refractivity contribution is 5.55. The summed E-state index contributed by atoms with van der Waals surface area (Å²) in [6.07, 6.45) is 7.29. The summed E-state index contributed by atoms with van der Waals surface area (Å²) in [5, 5.41) is 12.5. The monoisotopic (exact) mass is 389 g/mol. The first-order chi connectivity index (χ1) is 12.2. The first-order valence-corrected chi connectivity index (χ1v) is 9.12. The zero-order valence-corrected chi connectivity index (χ0v) is 16.8. The lowest BCUT2D eigenvalue weighted by molar-refractivity contribution is -0.695. The standard InChI is InChI=1S/C19H31NO5.ClH/c1-22-17-10-16(11-18(23-2)19(17)24-3)25-13-15(21)12-20-14-8-6-4-5-7-9-14;/h10-11,14-15,20-21H,4-9,12-13H2,1-3H3;1H. The summed E-state index contributed by atoms with van der Waals surface area (Å²) in [5.74, 6) is 2.19. The fraction of sp³-hybridized carbons (Fsp3) is 0.684. The molecule has 0 amide bonds. The SMILES string of the molecule is COc1cc(OCC(O)C[NH2+]C2CCCCCC2)cc(OC)c1OC.[Cl-]. The van der Waals surface area contributed by atoms with Crippen LogP contribution in [0.5, 0.6) is 23.0 Å². The lowest BCUT2D eigenvalue weighted by Gasteiger charge is -2.18. The van der Waals surface area contributed by atoms with Crippen LogP contribution in [-0.4, -0.2) is 51.7 Å². The lowest BCUT2D eigenvalue weighted by atomic mass is 10.1. The van der Waals surface area contributed by atoms with Crippen LogP contribution in [-0.2, 0) is 0 Å². The fourth-order valence-corrected chi connectivity index (χ4v) is 3.30. The Morgan fingerprint density at radius 2 is 1.58 bits per heavy atom. The molecular weight excluding hydrogens is 358 g/mol. The Morgan fingerprint density at radius 3 is 2.08 bits per heavy atom. The number of rotatable bonds is 9. The third kappa shape index (κ3) is 6.74. The number of methoxy groups -OCH3 is 3. The average Bonchev–Trinajstić information content (AvgIpc) is 2.92. The van der Waals surface area contributed by atoms with Crippen molar-refractivity contribution in [2.24, 2.45) is 0 Å². The minimum absolute atomic E-state index is 0. The molecule has 6 nitrogen and oxygen atoms in total. The van der Waals surface area contributed by atoms with Crippen LogP contribution in [0.3, 0.4) is 0 Å². The van der Waals surface area contributed by atoms with Gasteiger partial charge in [0.2, 0.25) is 5.75 Å². The molecule has 0 heterocycles. The molecule has 0 bridgehead atoms. The van der Waals surface area contributed by atoms with Gasteiger partial charge in [-0.3, -0.25) is 0 Å². The van der Waals surface area contributed by atoms with Crippen molar-refractivity contribution in [2.75, 3.05) is 34.5 Å². The number of hydrogen-bond acceptors (Lipinski definition) is 5. The molecule has 3 N–H and O–H groups in total. The summed E-state index contributed by atoms with van der Waals surface area (Å²) in [5.41, 5.74) is 0. The molecule has 2 rings (SSSR count). The smallest absolute Gasteiger partial charge is 0.203 e. The molecule has 1 aromatic rings. The number of aliphatic hydroxyl groups is 1. The van der Waals surface area contributed by atoms with Crippen LogP contribution in [0.4, 0.5) is 0 Å². The Balaban J connectivity index is 0.00000338. The van der Waals surface area contributed by atoms with Gasteiger partial charge in [-0.25, -0.2) is 0 Å². The van der Waals surface area contributed by atoms with Crippen LogP contribution >= 0.6 is 0 Å². The lowest BCUT2D eigenvalue weighted by Crippen LogP contribution is -3.00. The molecule has 0 saturated heterocycles. The van der Waals surface area contributed by atoms with Gasteiger partial charge >= 0.3 is 0 Å². The van der Waals surface area contributed by atoms with Gasteiger partial charge in [-0.1, -0.05) is 12.8 Å². The molecule has 150 valence electrons. The summed E-state index contributed by atoms with van der Waals surface area (Å²) in [6.45, 7) is 0.900. The van der Waals surface area contributed by atoms with E-state index in [9.17, 15) is 5.11 Å². The van der Waals surface area contributed by atoms with Gasteiger partial charge in [-0.15, -0.1) is 0 Å². The van der Waals surface area contributed by atoms with Gasteiger partial charge in [0.25, 0.3) is 0 Å². The number of benzene rings is 1. The highest BCUT2D eigenvalue weighted by Crippen LogP contribution is 2.40. The van der Waals surface area contributed by atoms with Crippen molar-refractivity contribution in [1.82, 2.24) is 0 Å². The van der Waals surface area contributed by atoms with E-state index in [0.29, 0.717) is 35.6 Å². The van der Waals surface area contributed by atoms with E-state index in [4.69, 9.17) is 18.9 Å². The van der Waals surface area contributed by atoms with Crippen molar-refractivity contribution in [3.8, 4) is 23.0 Å². The summed E-state index contributed by atoms with van der Waals surface area (Å²) >= 11 is 0. The van der Waals surface area contributed by atoms with Crippen molar-refractivity contribution in [2.45, 2.75) is 50.7 Å². The van der Waals surface area contributed by atoms with Crippen LogP contribution in [0.2, 0.25) is 0 Å². The molecule has 1 aliphatic rings. The van der Waals surface area contributed by atoms with Crippen molar-refractivity contribution < 1.29 is 41.8 Å². The predicted octanol–water partition coefficient (Wildman–Crippen LogP) is -1.26. The highest BCUT2D eigenvalue weighted by Gasteiger charge is 2.18. The number of quaternary nitrogens is 1. The molecule has 1 saturated carbocycles. The second-order valence-corrected chi connectivity index (χ2v) is 6.55. The molecule has 1 unspecified atom stereocenters. The predicted molar refractivity (Wildman–Crippen MR) is 95.9 cm³/mol. The van der Waals surface area contributed by atoms with E-state index in [0.717, 1.165) is 0 Å². The average molecular weight is 390 g/mol. The van der Waals surface area contributed by atoms with Gasteiger partial charge in [-0.05, 0) is 25.7 Å². The van der Waals surface area contributed by atoms with Gasteiger partial charge in [0, 0.05) is 12.1 Å². The second-order valence-electron chi connectivity index (χ2n) is 6.55.